The Hall–Kier alpha value is -2.37. The summed E-state index contributed by atoms with van der Waals surface area (Å²) in [7, 11) is 2.88. The van der Waals surface area contributed by atoms with Crippen molar-refractivity contribution < 1.29 is 19.1 Å². The second kappa shape index (κ2) is 5.09. The van der Waals surface area contributed by atoms with E-state index in [1.165, 1.54) is 0 Å². The average molecular weight is 262 g/mol. The molecule has 6 nitrogen and oxygen atoms in total. The van der Waals surface area contributed by atoms with Gasteiger partial charge < -0.3 is 15.0 Å². The number of fused-ring (bicyclic) bond motifs is 1. The Morgan fingerprint density at radius 3 is 2.84 bits per heavy atom. The fraction of sp³-hybridized carbons (Fsp3) is 0.308. The second-order valence-electron chi connectivity index (χ2n) is 4.27. The molecule has 1 aromatic rings. The first-order valence-corrected chi connectivity index (χ1v) is 5.77. The Morgan fingerprint density at radius 1 is 1.42 bits per heavy atom. The lowest BCUT2D eigenvalue weighted by molar-refractivity contribution is -0.152. The molecule has 0 saturated heterocycles. The average Bonchev–Trinajstić information content (AvgIpc) is 2.70. The van der Waals surface area contributed by atoms with Crippen LogP contribution in [0.5, 0.6) is 0 Å². The van der Waals surface area contributed by atoms with Crippen molar-refractivity contribution in [1.29, 1.82) is 0 Å². The number of carbonyl (C=O) groups is 3. The van der Waals surface area contributed by atoms with Gasteiger partial charge in [0.15, 0.2) is 0 Å². The number of ether oxygens (including phenoxy) is 1. The Morgan fingerprint density at radius 2 is 2.16 bits per heavy atom. The van der Waals surface area contributed by atoms with E-state index >= 15 is 0 Å². The van der Waals surface area contributed by atoms with E-state index < -0.39 is 11.9 Å². The van der Waals surface area contributed by atoms with Gasteiger partial charge in [-0.2, -0.15) is 0 Å². The number of amides is 2. The molecule has 0 spiro atoms. The first-order chi connectivity index (χ1) is 9.02. The fourth-order valence-corrected chi connectivity index (χ4v) is 1.98. The van der Waals surface area contributed by atoms with Gasteiger partial charge in [0.25, 0.3) is 0 Å². The predicted octanol–water partition coefficient (Wildman–Crippen LogP) is -0.00530. The summed E-state index contributed by atoms with van der Waals surface area (Å²) in [6.45, 7) is 0.221. The van der Waals surface area contributed by atoms with Crippen molar-refractivity contribution in [3.05, 3.63) is 29.3 Å². The highest BCUT2D eigenvalue weighted by molar-refractivity contribution is 6.32. The third-order valence-electron chi connectivity index (χ3n) is 3.04. The van der Waals surface area contributed by atoms with Crippen LogP contribution in [0, 0.1) is 0 Å². The number of esters is 1. The molecule has 0 bridgehead atoms. The highest BCUT2D eigenvalue weighted by atomic mass is 16.5. The quantitative estimate of drug-likeness (QED) is 0.601. The number of likely N-dealkylation sites (N-methyl/N-ethyl adjacent to an activating group) is 1. The van der Waals surface area contributed by atoms with Crippen molar-refractivity contribution in [2.45, 2.75) is 13.0 Å². The number of hydrogen-bond donors (Lipinski definition) is 1. The molecule has 100 valence electrons. The fourth-order valence-electron chi connectivity index (χ4n) is 1.98. The van der Waals surface area contributed by atoms with Crippen LogP contribution in [0.2, 0.25) is 0 Å². The van der Waals surface area contributed by atoms with Crippen LogP contribution in [0.3, 0.4) is 0 Å². The van der Waals surface area contributed by atoms with Gasteiger partial charge in [-0.3, -0.25) is 9.59 Å². The van der Waals surface area contributed by atoms with Crippen molar-refractivity contribution >= 4 is 23.5 Å². The number of hydrogen-bond acceptors (Lipinski definition) is 4. The summed E-state index contributed by atoms with van der Waals surface area (Å²) in [6, 6.07) is 5.50. The number of anilines is 1. The van der Waals surface area contributed by atoms with Crippen molar-refractivity contribution in [3.63, 3.8) is 0 Å². The highest BCUT2D eigenvalue weighted by Gasteiger charge is 2.23. The smallest absolute Gasteiger partial charge is 0.396 e. The molecule has 19 heavy (non-hydrogen) atoms. The summed E-state index contributed by atoms with van der Waals surface area (Å²) in [5, 5.41) is 2.45. The number of nitrogens with zero attached hydrogens (tertiary/aromatic N) is 1. The van der Waals surface area contributed by atoms with Crippen LogP contribution < -0.4 is 10.2 Å². The Kier molecular flexibility index (Phi) is 3.50. The predicted molar refractivity (Wildman–Crippen MR) is 67.4 cm³/mol. The van der Waals surface area contributed by atoms with Crippen molar-refractivity contribution in [2.75, 3.05) is 19.1 Å². The zero-order valence-electron chi connectivity index (χ0n) is 10.7. The molecule has 0 unspecified atom stereocenters. The van der Waals surface area contributed by atoms with Gasteiger partial charge in [-0.1, -0.05) is 12.1 Å². The lowest BCUT2D eigenvalue weighted by Gasteiger charge is -2.10. The molecule has 1 heterocycles. The molecule has 2 amide bonds. The second-order valence-corrected chi connectivity index (χ2v) is 4.27. The van der Waals surface area contributed by atoms with Gasteiger partial charge in [0.05, 0.1) is 13.5 Å². The summed E-state index contributed by atoms with van der Waals surface area (Å²) in [4.78, 5) is 35.3. The van der Waals surface area contributed by atoms with Crippen LogP contribution >= 0.6 is 0 Å². The van der Waals surface area contributed by atoms with E-state index in [1.807, 2.05) is 18.2 Å². The van der Waals surface area contributed by atoms with Crippen LogP contribution in [0.4, 0.5) is 5.69 Å². The Balaban J connectivity index is 2.04. The molecule has 0 aromatic heterocycles. The van der Waals surface area contributed by atoms with Gasteiger partial charge in [-0.25, -0.2) is 4.79 Å². The Bertz CT molecular complexity index is 554. The largest absolute Gasteiger partial charge is 0.462 e. The van der Waals surface area contributed by atoms with E-state index in [-0.39, 0.29) is 12.5 Å². The molecular weight excluding hydrogens is 248 g/mol. The lowest BCUT2D eigenvalue weighted by atomic mass is 10.1. The molecule has 0 atom stereocenters. The molecule has 1 aliphatic rings. The Labute approximate surface area is 110 Å². The van der Waals surface area contributed by atoms with E-state index in [1.54, 1.807) is 11.9 Å². The molecule has 0 aliphatic carbocycles. The molecule has 2 rings (SSSR count). The maximum atomic E-state index is 11.5. The molecule has 0 fully saturated rings. The van der Waals surface area contributed by atoms with Crippen LogP contribution in [-0.2, 0) is 32.1 Å². The van der Waals surface area contributed by atoms with Gasteiger partial charge in [0, 0.05) is 19.3 Å². The third kappa shape index (κ3) is 2.57. The molecular formula is C13H14N2O4. The first kappa shape index (κ1) is 13.1. The molecule has 1 aliphatic heterocycles. The highest BCUT2D eigenvalue weighted by Crippen LogP contribution is 2.28. The van der Waals surface area contributed by atoms with Crippen LogP contribution in [0.1, 0.15) is 11.1 Å². The van der Waals surface area contributed by atoms with E-state index in [0.29, 0.717) is 6.42 Å². The van der Waals surface area contributed by atoms with Crippen molar-refractivity contribution in [2.24, 2.45) is 0 Å². The van der Waals surface area contributed by atoms with Crippen molar-refractivity contribution in [3.8, 4) is 0 Å². The normalized spacial score (nSPS) is 13.2. The van der Waals surface area contributed by atoms with Gasteiger partial charge >= 0.3 is 11.9 Å². The monoisotopic (exact) mass is 262 g/mol. The van der Waals surface area contributed by atoms with E-state index in [2.05, 4.69) is 10.1 Å². The van der Waals surface area contributed by atoms with Crippen LogP contribution in [0.15, 0.2) is 18.2 Å². The molecule has 0 saturated carbocycles. The lowest BCUT2D eigenvalue weighted by Crippen LogP contribution is -2.31. The zero-order chi connectivity index (χ0) is 14.0. The van der Waals surface area contributed by atoms with Crippen LogP contribution in [-0.4, -0.2) is 31.9 Å². The summed E-state index contributed by atoms with van der Waals surface area (Å²) < 4.78 is 4.30. The first-order valence-electron chi connectivity index (χ1n) is 5.77. The van der Waals surface area contributed by atoms with Gasteiger partial charge in [0.2, 0.25) is 5.91 Å². The minimum Gasteiger partial charge on any atom is -0.462 e. The topological polar surface area (TPSA) is 75.7 Å². The standard InChI is InChI=1S/C13H14N2O4/c1-15-10-4-3-8(5-9(10)6-11(15)16)7-14-12(17)13(18)19-2/h3-5H,6-7H2,1-2H3,(H,14,17). The van der Waals surface area contributed by atoms with E-state index in [0.717, 1.165) is 23.9 Å². The van der Waals surface area contributed by atoms with E-state index in [4.69, 9.17) is 0 Å². The van der Waals surface area contributed by atoms with Crippen LogP contribution in [0.25, 0.3) is 0 Å². The van der Waals surface area contributed by atoms with Crippen molar-refractivity contribution in [1.82, 2.24) is 5.32 Å². The number of methoxy groups -OCH3 is 1. The van der Waals surface area contributed by atoms with E-state index in [9.17, 15) is 14.4 Å². The minimum atomic E-state index is -0.920. The zero-order valence-corrected chi connectivity index (χ0v) is 10.7. The summed E-state index contributed by atoms with van der Waals surface area (Å²) >= 11 is 0. The summed E-state index contributed by atoms with van der Waals surface area (Å²) in [5.41, 5.74) is 2.64. The third-order valence-corrected chi connectivity index (χ3v) is 3.04. The summed E-state index contributed by atoms with van der Waals surface area (Å²) in [6.07, 6.45) is 0.366. The number of rotatable bonds is 2. The molecule has 1 aromatic carbocycles. The number of benzene rings is 1. The molecule has 1 N–H and O–H groups in total. The minimum absolute atomic E-state index is 0.0470. The summed E-state index contributed by atoms with van der Waals surface area (Å²) in [5.74, 6) is -1.65. The van der Waals surface area contributed by atoms with Gasteiger partial charge in [-0.15, -0.1) is 0 Å². The maximum absolute atomic E-state index is 11.5. The molecule has 0 radical (unpaired) electrons. The molecule has 6 heteroatoms. The number of nitrogens with one attached hydrogen (secondary N) is 1. The van der Waals surface area contributed by atoms with Gasteiger partial charge in [0.1, 0.15) is 0 Å². The maximum Gasteiger partial charge on any atom is 0.396 e. The van der Waals surface area contributed by atoms with Gasteiger partial charge in [-0.05, 0) is 17.2 Å². The SMILES string of the molecule is COC(=O)C(=O)NCc1ccc2c(c1)CC(=O)N2C. The number of carbonyl (C=O) groups excluding carboxylic acids is 3.